The molecule has 0 saturated carbocycles. The van der Waals surface area contributed by atoms with Gasteiger partial charge in [-0.1, -0.05) is 0 Å². The van der Waals surface area contributed by atoms with Crippen molar-refractivity contribution in [2.24, 2.45) is 7.05 Å². The maximum absolute atomic E-state index is 13.7. The van der Waals surface area contributed by atoms with Crippen LogP contribution in [0.1, 0.15) is 62.3 Å². The predicted octanol–water partition coefficient (Wildman–Crippen LogP) is 4.72. The van der Waals surface area contributed by atoms with Gasteiger partial charge in [-0.3, -0.25) is 14.5 Å². The van der Waals surface area contributed by atoms with E-state index in [1.807, 2.05) is 76.4 Å². The minimum absolute atomic E-state index is 0.0884. The number of imidazole rings is 1. The zero-order valence-corrected chi connectivity index (χ0v) is 25.7. The van der Waals surface area contributed by atoms with Crippen molar-refractivity contribution in [2.75, 3.05) is 37.0 Å². The highest BCUT2D eigenvalue weighted by Crippen LogP contribution is 2.38. The summed E-state index contributed by atoms with van der Waals surface area (Å²) in [5.74, 6) is 0.484. The molecule has 0 unspecified atom stereocenters. The number of aryl methyl sites for hydroxylation is 3. The maximum Gasteiger partial charge on any atom is 0.410 e. The lowest BCUT2D eigenvalue weighted by molar-refractivity contribution is 0.0149. The third-order valence-corrected chi connectivity index (χ3v) is 7.48. The number of hydrogen-bond donors (Lipinski definition) is 1. The first-order valence-corrected chi connectivity index (χ1v) is 14.3. The molecular formula is C30H40N8O4. The average molecular weight is 577 g/mol. The van der Waals surface area contributed by atoms with Crippen molar-refractivity contribution in [1.29, 1.82) is 0 Å². The quantitative estimate of drug-likeness (QED) is 0.350. The lowest BCUT2D eigenvalue weighted by atomic mass is 10.0. The van der Waals surface area contributed by atoms with Gasteiger partial charge < -0.3 is 29.0 Å². The maximum atomic E-state index is 13.7. The topological polar surface area (TPSA) is 119 Å². The second-order valence-corrected chi connectivity index (χ2v) is 11.8. The van der Waals surface area contributed by atoms with Gasteiger partial charge in [-0.05, 0) is 54.4 Å². The molecule has 5 rings (SSSR count). The van der Waals surface area contributed by atoms with Crippen LogP contribution in [0, 0.1) is 13.8 Å². The largest absolute Gasteiger partial charge is 0.496 e. The van der Waals surface area contributed by atoms with Crippen LogP contribution < -0.4 is 15.0 Å². The normalized spacial score (nSPS) is 14.4. The molecule has 0 bridgehead atoms. The minimum atomic E-state index is -0.540. The number of benzene rings is 1. The Balaban J connectivity index is 1.41. The minimum Gasteiger partial charge on any atom is -0.496 e. The lowest BCUT2D eigenvalue weighted by Crippen LogP contribution is -2.48. The summed E-state index contributed by atoms with van der Waals surface area (Å²) in [6.45, 7) is 13.5. The molecule has 42 heavy (non-hydrogen) atoms. The molecule has 1 aliphatic heterocycles. The Morgan fingerprint density at radius 1 is 1.12 bits per heavy atom. The van der Waals surface area contributed by atoms with Crippen molar-refractivity contribution in [1.82, 2.24) is 29.0 Å². The van der Waals surface area contributed by atoms with Gasteiger partial charge in [0.2, 0.25) is 0 Å². The van der Waals surface area contributed by atoms with Gasteiger partial charge in [0.05, 0.1) is 30.4 Å². The molecule has 1 saturated heterocycles. The number of aromatic nitrogens is 5. The first-order valence-electron chi connectivity index (χ1n) is 14.3. The molecule has 224 valence electrons. The van der Waals surface area contributed by atoms with Crippen molar-refractivity contribution in [3.8, 4) is 5.75 Å². The van der Waals surface area contributed by atoms with Gasteiger partial charge in [0.1, 0.15) is 22.4 Å². The SMILES string of the molecule is CCN(C(=O)OC(C)(C)C)C1CCN(c2cc(OC)c(C(=O)Nc3cn4cc(C)nc(C)c4n3)c3nn(C)cc23)CC1. The highest BCUT2D eigenvalue weighted by Gasteiger charge is 2.32. The number of piperidine rings is 1. The summed E-state index contributed by atoms with van der Waals surface area (Å²) in [5.41, 5.74) is 3.61. The van der Waals surface area contributed by atoms with Crippen LogP contribution in [0.3, 0.4) is 0 Å². The van der Waals surface area contributed by atoms with Gasteiger partial charge in [0.15, 0.2) is 11.5 Å². The number of rotatable bonds is 6. The van der Waals surface area contributed by atoms with Gasteiger partial charge >= 0.3 is 6.09 Å². The Kier molecular flexibility index (Phi) is 7.74. The Hall–Kier alpha value is -4.35. The van der Waals surface area contributed by atoms with E-state index in [1.165, 1.54) is 0 Å². The van der Waals surface area contributed by atoms with E-state index in [-0.39, 0.29) is 18.0 Å². The van der Waals surface area contributed by atoms with Crippen LogP contribution in [0.25, 0.3) is 16.6 Å². The van der Waals surface area contributed by atoms with E-state index in [4.69, 9.17) is 9.47 Å². The van der Waals surface area contributed by atoms with Crippen LogP contribution in [0.4, 0.5) is 16.3 Å². The standard InChI is InChI=1S/C30H40N8O4/c1-9-38(29(40)42-30(4,5)6)20-10-12-36(13-11-20)22-14-23(41-8)25(26-21(22)16-35(7)34-26)28(39)33-24-17-37-15-18(2)31-19(3)27(37)32-24/h14-17,20H,9-13H2,1-8H3,(H,33,39). The van der Waals surface area contributed by atoms with Gasteiger partial charge in [-0.2, -0.15) is 5.10 Å². The molecule has 0 spiro atoms. The monoisotopic (exact) mass is 576 g/mol. The molecule has 4 aromatic rings. The van der Waals surface area contributed by atoms with Crippen LogP contribution in [-0.4, -0.2) is 79.4 Å². The van der Waals surface area contributed by atoms with Crippen LogP contribution in [-0.2, 0) is 11.8 Å². The lowest BCUT2D eigenvalue weighted by Gasteiger charge is -2.39. The number of amides is 2. The summed E-state index contributed by atoms with van der Waals surface area (Å²) in [7, 11) is 3.39. The molecule has 1 fully saturated rings. The second-order valence-electron chi connectivity index (χ2n) is 11.8. The molecule has 0 radical (unpaired) electrons. The zero-order chi connectivity index (χ0) is 30.3. The van der Waals surface area contributed by atoms with Gasteiger partial charge in [-0.15, -0.1) is 0 Å². The molecule has 2 amide bonds. The first kappa shape index (κ1) is 29.2. The molecule has 12 nitrogen and oxygen atoms in total. The molecule has 1 aromatic carbocycles. The molecule has 0 atom stereocenters. The Labute approximate surface area is 245 Å². The first-order chi connectivity index (χ1) is 19.9. The molecule has 3 aromatic heterocycles. The highest BCUT2D eigenvalue weighted by molar-refractivity contribution is 6.16. The molecule has 4 heterocycles. The van der Waals surface area contributed by atoms with E-state index < -0.39 is 5.60 Å². The highest BCUT2D eigenvalue weighted by atomic mass is 16.6. The fourth-order valence-corrected chi connectivity index (χ4v) is 5.71. The van der Waals surface area contributed by atoms with E-state index in [0.717, 1.165) is 48.4 Å². The predicted molar refractivity (Wildman–Crippen MR) is 162 cm³/mol. The number of ether oxygens (including phenoxy) is 2. The van der Waals surface area contributed by atoms with Crippen molar-refractivity contribution >= 4 is 40.1 Å². The summed E-state index contributed by atoms with van der Waals surface area (Å²) >= 11 is 0. The van der Waals surface area contributed by atoms with E-state index in [0.29, 0.717) is 34.8 Å². The van der Waals surface area contributed by atoms with Crippen molar-refractivity contribution in [3.63, 3.8) is 0 Å². The van der Waals surface area contributed by atoms with Gasteiger partial charge in [-0.25, -0.2) is 9.78 Å². The number of methoxy groups -OCH3 is 1. The summed E-state index contributed by atoms with van der Waals surface area (Å²) < 4.78 is 15.0. The fourth-order valence-electron chi connectivity index (χ4n) is 5.71. The van der Waals surface area contributed by atoms with Gasteiger partial charge in [0.25, 0.3) is 5.91 Å². The number of anilines is 2. The molecule has 1 aliphatic rings. The van der Waals surface area contributed by atoms with Crippen molar-refractivity contribution < 1.29 is 19.1 Å². The zero-order valence-electron chi connectivity index (χ0n) is 25.7. The van der Waals surface area contributed by atoms with E-state index in [2.05, 4.69) is 25.3 Å². The van der Waals surface area contributed by atoms with Crippen molar-refractivity contribution in [2.45, 2.75) is 66.0 Å². The average Bonchev–Trinajstić information content (AvgIpc) is 3.50. The molecule has 12 heteroatoms. The summed E-state index contributed by atoms with van der Waals surface area (Å²) in [6.07, 6.45) is 6.87. The van der Waals surface area contributed by atoms with E-state index >= 15 is 0 Å². The number of carbonyl (C=O) groups excluding carboxylic acids is 2. The summed E-state index contributed by atoms with van der Waals surface area (Å²) in [6, 6.07) is 2.00. The van der Waals surface area contributed by atoms with Gasteiger partial charge in [0, 0.05) is 56.6 Å². The summed E-state index contributed by atoms with van der Waals surface area (Å²) in [4.78, 5) is 39.6. The van der Waals surface area contributed by atoms with Crippen LogP contribution in [0.15, 0.2) is 24.7 Å². The number of nitrogens with zero attached hydrogens (tertiary/aromatic N) is 7. The third-order valence-electron chi connectivity index (χ3n) is 7.48. The number of fused-ring (bicyclic) bond motifs is 2. The molecule has 0 aliphatic carbocycles. The third kappa shape index (κ3) is 5.70. The van der Waals surface area contributed by atoms with Crippen LogP contribution in [0.2, 0.25) is 0 Å². The van der Waals surface area contributed by atoms with E-state index in [9.17, 15) is 9.59 Å². The Morgan fingerprint density at radius 2 is 1.83 bits per heavy atom. The smallest absolute Gasteiger partial charge is 0.410 e. The Morgan fingerprint density at radius 3 is 2.48 bits per heavy atom. The van der Waals surface area contributed by atoms with Crippen LogP contribution in [0.5, 0.6) is 5.75 Å². The van der Waals surface area contributed by atoms with Crippen molar-refractivity contribution in [3.05, 3.63) is 41.6 Å². The van der Waals surface area contributed by atoms with E-state index in [1.54, 1.807) is 18.0 Å². The fraction of sp³-hybridized carbons (Fsp3) is 0.500. The number of nitrogens with one attached hydrogen (secondary N) is 1. The Bertz CT molecular complexity index is 1640. The number of carbonyl (C=O) groups is 2. The second kappa shape index (κ2) is 11.1. The molecule has 1 N–H and O–H groups in total. The summed E-state index contributed by atoms with van der Waals surface area (Å²) in [5, 5.41) is 8.45. The van der Waals surface area contributed by atoms with Crippen LogP contribution >= 0.6 is 0 Å². The number of hydrogen-bond acceptors (Lipinski definition) is 8. The molecular weight excluding hydrogens is 536 g/mol.